The Labute approximate surface area is 52.2 Å². The lowest BCUT2D eigenvalue weighted by Crippen LogP contribution is -2.34. The van der Waals surface area contributed by atoms with Crippen LogP contribution >= 0.6 is 0 Å². The Balaban J connectivity index is 2.39. The number of hydrogen-bond donors (Lipinski definition) is 1. The third-order valence-corrected chi connectivity index (χ3v) is 1.19. The zero-order valence-corrected chi connectivity index (χ0v) is 4.79. The van der Waals surface area contributed by atoms with Gasteiger partial charge < -0.3 is 10.1 Å². The minimum Gasteiger partial charge on any atom is -0.371 e. The second-order valence-electron chi connectivity index (χ2n) is 1.82. The van der Waals surface area contributed by atoms with E-state index in [0.29, 0.717) is 13.0 Å². The van der Waals surface area contributed by atoms with E-state index in [4.69, 9.17) is 4.74 Å². The normalized spacial score (nSPS) is 26.2. The maximum Gasteiger partial charge on any atom is 0.207 e. The number of amides is 1. The van der Waals surface area contributed by atoms with Gasteiger partial charge in [0.05, 0.1) is 6.61 Å². The summed E-state index contributed by atoms with van der Waals surface area (Å²) in [6.45, 7) is 0.447. The van der Waals surface area contributed by atoms with Gasteiger partial charge in [0.1, 0.15) is 12.6 Å². The lowest BCUT2D eigenvalue weighted by molar-refractivity contribution is -0.121. The molecule has 0 aromatic heterocycles. The highest BCUT2D eigenvalue weighted by molar-refractivity contribution is 5.88. The Hall–Kier alpha value is -0.900. The van der Waals surface area contributed by atoms with Gasteiger partial charge in [0.2, 0.25) is 6.41 Å². The Morgan fingerprint density at radius 3 is 3.00 bits per heavy atom. The van der Waals surface area contributed by atoms with Gasteiger partial charge in [-0.1, -0.05) is 0 Å². The maximum absolute atomic E-state index is 10.6. The summed E-state index contributed by atoms with van der Waals surface area (Å²) in [5.41, 5.74) is 0. The molecule has 1 unspecified atom stereocenters. The first-order chi connectivity index (χ1) is 4.34. The predicted molar refractivity (Wildman–Crippen MR) is 28.8 cm³/mol. The molecule has 4 heteroatoms. The first-order valence-corrected chi connectivity index (χ1v) is 2.65. The Bertz CT molecular complexity index is 134. The number of rotatable bonds is 2. The summed E-state index contributed by atoms with van der Waals surface area (Å²) in [5, 5.41) is 2.34. The third kappa shape index (κ3) is 1.26. The molecule has 1 aliphatic rings. The predicted octanol–water partition coefficient (Wildman–Crippen LogP) is -1.30. The fourth-order valence-electron chi connectivity index (χ4n) is 0.694. The Kier molecular flexibility index (Phi) is 1.79. The molecule has 0 radical (unpaired) electrons. The lowest BCUT2D eigenvalue weighted by atomic mass is 10.2. The molecule has 1 heterocycles. The van der Waals surface area contributed by atoms with Crippen LogP contribution in [0.15, 0.2) is 0 Å². The molecule has 0 bridgehead atoms. The van der Waals surface area contributed by atoms with Gasteiger partial charge >= 0.3 is 0 Å². The maximum atomic E-state index is 10.6. The highest BCUT2D eigenvalue weighted by Crippen LogP contribution is 1.97. The third-order valence-electron chi connectivity index (χ3n) is 1.19. The number of ether oxygens (including phenoxy) is 1. The Morgan fingerprint density at radius 1 is 1.78 bits per heavy atom. The van der Waals surface area contributed by atoms with Crippen molar-refractivity contribution >= 4 is 12.2 Å². The quantitative estimate of drug-likeness (QED) is 0.471. The molecule has 1 saturated heterocycles. The van der Waals surface area contributed by atoms with Crippen molar-refractivity contribution in [1.82, 2.24) is 5.32 Å². The lowest BCUT2D eigenvalue weighted by Gasteiger charge is -2.00. The summed E-state index contributed by atoms with van der Waals surface area (Å²) in [4.78, 5) is 20.4. The van der Waals surface area contributed by atoms with Gasteiger partial charge in [-0.05, 0) is 0 Å². The molecular formula is C5H7NO3. The van der Waals surface area contributed by atoms with E-state index in [1.165, 1.54) is 0 Å². The van der Waals surface area contributed by atoms with Crippen LogP contribution in [-0.2, 0) is 14.3 Å². The molecule has 50 valence electrons. The molecule has 0 spiro atoms. The zero-order chi connectivity index (χ0) is 6.69. The van der Waals surface area contributed by atoms with Gasteiger partial charge in [-0.3, -0.25) is 9.59 Å². The van der Waals surface area contributed by atoms with Crippen LogP contribution in [0.25, 0.3) is 0 Å². The van der Waals surface area contributed by atoms with Crippen LogP contribution in [0, 0.1) is 0 Å². The van der Waals surface area contributed by atoms with Crippen molar-refractivity contribution in [2.24, 2.45) is 0 Å². The molecule has 1 rings (SSSR count). The molecule has 9 heavy (non-hydrogen) atoms. The fraction of sp³-hybridized carbons (Fsp3) is 0.600. The second kappa shape index (κ2) is 2.59. The van der Waals surface area contributed by atoms with Crippen LogP contribution < -0.4 is 5.32 Å². The number of Topliss-reactive ketones (excluding diaryl/α,β-unsaturated/α-hetero) is 1. The molecule has 1 fully saturated rings. The van der Waals surface area contributed by atoms with E-state index in [9.17, 15) is 9.59 Å². The first-order valence-electron chi connectivity index (χ1n) is 2.65. The summed E-state index contributed by atoms with van der Waals surface area (Å²) in [6.07, 6.45) is 0.511. The average Bonchev–Trinajstić information content (AvgIpc) is 2.18. The van der Waals surface area contributed by atoms with Crippen LogP contribution in [0.5, 0.6) is 0 Å². The highest BCUT2D eigenvalue weighted by Gasteiger charge is 2.23. The molecule has 0 aromatic carbocycles. The van der Waals surface area contributed by atoms with E-state index in [1.807, 2.05) is 0 Å². The monoisotopic (exact) mass is 129 g/mol. The SMILES string of the molecule is O=CNC1COCC1=O. The minimum atomic E-state index is -0.400. The zero-order valence-electron chi connectivity index (χ0n) is 4.79. The number of carbonyl (C=O) groups excluding carboxylic acids is 2. The Morgan fingerprint density at radius 2 is 2.56 bits per heavy atom. The van der Waals surface area contributed by atoms with Crippen molar-refractivity contribution in [1.29, 1.82) is 0 Å². The van der Waals surface area contributed by atoms with Crippen LogP contribution in [-0.4, -0.2) is 31.4 Å². The van der Waals surface area contributed by atoms with Crippen molar-refractivity contribution in [2.75, 3.05) is 13.2 Å². The number of hydrogen-bond acceptors (Lipinski definition) is 3. The van der Waals surface area contributed by atoms with Gasteiger partial charge in [0, 0.05) is 0 Å². The number of ketones is 1. The number of carbonyl (C=O) groups is 2. The molecule has 4 nitrogen and oxygen atoms in total. The topological polar surface area (TPSA) is 55.4 Å². The highest BCUT2D eigenvalue weighted by atomic mass is 16.5. The van der Waals surface area contributed by atoms with Crippen molar-refractivity contribution in [3.63, 3.8) is 0 Å². The van der Waals surface area contributed by atoms with Crippen LogP contribution in [0.3, 0.4) is 0 Å². The minimum absolute atomic E-state index is 0.0536. The van der Waals surface area contributed by atoms with Crippen molar-refractivity contribution in [3.05, 3.63) is 0 Å². The van der Waals surface area contributed by atoms with E-state index in [0.717, 1.165) is 0 Å². The second-order valence-corrected chi connectivity index (χ2v) is 1.82. The van der Waals surface area contributed by atoms with Crippen LogP contribution in [0.1, 0.15) is 0 Å². The standard InChI is InChI=1S/C5H7NO3/c7-3-6-4-1-9-2-5(4)8/h3-4H,1-2H2,(H,6,7). The fourth-order valence-corrected chi connectivity index (χ4v) is 0.694. The summed E-state index contributed by atoms with van der Waals surface area (Å²) < 4.78 is 4.75. The van der Waals surface area contributed by atoms with Crippen LogP contribution in [0.2, 0.25) is 0 Å². The van der Waals surface area contributed by atoms with E-state index in [1.54, 1.807) is 0 Å². The molecular weight excluding hydrogens is 122 g/mol. The van der Waals surface area contributed by atoms with Crippen molar-refractivity contribution in [3.8, 4) is 0 Å². The smallest absolute Gasteiger partial charge is 0.207 e. The van der Waals surface area contributed by atoms with E-state index in [2.05, 4.69) is 5.32 Å². The molecule has 1 N–H and O–H groups in total. The molecule has 1 amide bonds. The van der Waals surface area contributed by atoms with E-state index >= 15 is 0 Å². The molecule has 0 aromatic rings. The summed E-state index contributed by atoms with van der Waals surface area (Å²) in [6, 6.07) is -0.400. The molecule has 0 saturated carbocycles. The largest absolute Gasteiger partial charge is 0.371 e. The molecule has 1 atom stereocenters. The van der Waals surface area contributed by atoms with Crippen molar-refractivity contribution in [2.45, 2.75) is 6.04 Å². The molecule has 0 aliphatic carbocycles. The number of nitrogens with one attached hydrogen (secondary N) is 1. The first kappa shape index (κ1) is 6.22. The van der Waals surface area contributed by atoms with Crippen LogP contribution in [0.4, 0.5) is 0 Å². The summed E-state index contributed by atoms with van der Waals surface area (Å²) in [7, 11) is 0. The van der Waals surface area contributed by atoms with Crippen molar-refractivity contribution < 1.29 is 14.3 Å². The van der Waals surface area contributed by atoms with E-state index in [-0.39, 0.29) is 12.4 Å². The summed E-state index contributed by atoms with van der Waals surface area (Å²) in [5.74, 6) is -0.0536. The van der Waals surface area contributed by atoms with Gasteiger partial charge in [-0.25, -0.2) is 0 Å². The summed E-state index contributed by atoms with van der Waals surface area (Å²) >= 11 is 0. The van der Waals surface area contributed by atoms with E-state index < -0.39 is 6.04 Å². The molecule has 1 aliphatic heterocycles. The van der Waals surface area contributed by atoms with Gasteiger partial charge in [-0.2, -0.15) is 0 Å². The van der Waals surface area contributed by atoms with Gasteiger partial charge in [0.25, 0.3) is 0 Å². The van der Waals surface area contributed by atoms with Gasteiger partial charge in [0.15, 0.2) is 5.78 Å². The van der Waals surface area contributed by atoms with Gasteiger partial charge in [-0.15, -0.1) is 0 Å². The average molecular weight is 129 g/mol.